The Balaban J connectivity index is 3.46. The Kier molecular flexibility index (Phi) is 4.27. The maximum absolute atomic E-state index is 13.5. The van der Waals surface area contributed by atoms with E-state index in [2.05, 4.69) is 4.74 Å². The Morgan fingerprint density at radius 2 is 2.11 bits per heavy atom. The van der Waals surface area contributed by atoms with Crippen LogP contribution in [0.4, 0.5) is 20.6 Å². The number of amides is 1. The zero-order chi connectivity index (χ0) is 14.8. The average molecular weight is 313 g/mol. The van der Waals surface area contributed by atoms with Crippen LogP contribution < -0.4 is 5.32 Å². The van der Waals surface area contributed by atoms with Gasteiger partial charge in [-0.3, -0.25) is 15.4 Å². The first-order chi connectivity index (χ1) is 8.66. The van der Waals surface area contributed by atoms with Gasteiger partial charge in [0.2, 0.25) is 0 Å². The van der Waals surface area contributed by atoms with Gasteiger partial charge in [0, 0.05) is 22.8 Å². The number of nitrogens with one attached hydrogen (secondary N) is 1. The molecule has 0 saturated heterocycles. The molecule has 1 aromatic carbocycles. The van der Waals surface area contributed by atoms with E-state index >= 15 is 0 Å². The smallest absolute Gasteiger partial charge is 0.411 e. The summed E-state index contributed by atoms with van der Waals surface area (Å²) in [6, 6.07) is 0.868. The van der Waals surface area contributed by atoms with Crippen LogP contribution in [0.5, 0.6) is 0 Å². The summed E-state index contributed by atoms with van der Waals surface area (Å²) in [4.78, 5) is 19.6. The number of benzene rings is 1. The molecule has 0 fully saturated rings. The van der Waals surface area contributed by atoms with Crippen LogP contribution in [0.2, 0.25) is 0 Å². The predicted octanol–water partition coefficient (Wildman–Crippen LogP) is 1.84. The predicted molar refractivity (Wildman–Crippen MR) is 62.1 cm³/mol. The van der Waals surface area contributed by atoms with Gasteiger partial charge in [0.1, 0.15) is 16.4 Å². The number of hydrogen-bond donors (Lipinski definition) is 1. The van der Waals surface area contributed by atoms with Crippen molar-refractivity contribution >= 4 is 37.2 Å². The number of nitro groups is 1. The molecule has 0 aromatic heterocycles. The lowest BCUT2D eigenvalue weighted by atomic mass is 10.2. The number of halogens is 2. The summed E-state index contributed by atoms with van der Waals surface area (Å²) < 4.78 is 39.7. The van der Waals surface area contributed by atoms with Crippen LogP contribution in [0.15, 0.2) is 17.0 Å². The van der Waals surface area contributed by atoms with Gasteiger partial charge in [-0.15, -0.1) is 0 Å². The highest BCUT2D eigenvalue weighted by Gasteiger charge is 2.25. The molecule has 0 unspecified atom stereocenters. The lowest BCUT2D eigenvalue weighted by molar-refractivity contribution is -0.384. The molecule has 1 amide bonds. The SMILES string of the molecule is COC(=O)Nc1cc(F)c(S(=O)(=O)Cl)cc1[N+](=O)[O-]. The Bertz CT molecular complexity index is 647. The van der Waals surface area contributed by atoms with E-state index in [-0.39, 0.29) is 0 Å². The minimum absolute atomic E-state index is 0.406. The number of anilines is 1. The van der Waals surface area contributed by atoms with E-state index < -0.39 is 42.2 Å². The van der Waals surface area contributed by atoms with Gasteiger partial charge >= 0.3 is 6.09 Å². The summed E-state index contributed by atoms with van der Waals surface area (Å²) in [7, 11) is 1.43. The minimum atomic E-state index is -4.49. The van der Waals surface area contributed by atoms with Gasteiger partial charge in [-0.1, -0.05) is 0 Å². The van der Waals surface area contributed by atoms with Crippen molar-refractivity contribution in [3.63, 3.8) is 0 Å². The number of hydrogen-bond acceptors (Lipinski definition) is 6. The average Bonchev–Trinajstić information content (AvgIpc) is 2.26. The third kappa shape index (κ3) is 3.51. The summed E-state index contributed by atoms with van der Waals surface area (Å²) in [5, 5.41) is 12.6. The van der Waals surface area contributed by atoms with Gasteiger partial charge in [-0.05, 0) is 0 Å². The number of carbonyl (C=O) groups excluding carboxylic acids is 1. The number of methoxy groups -OCH3 is 1. The standard InChI is InChI=1S/C8H6ClFN2O6S/c1-18-8(13)11-5-2-4(10)7(19(9,16)17)3-6(5)12(14)15/h2-3H,1H3,(H,11,13). The summed E-state index contributed by atoms with van der Waals surface area (Å²) in [6.07, 6.45) is -1.08. The molecule has 0 spiro atoms. The van der Waals surface area contributed by atoms with E-state index in [1.807, 2.05) is 5.32 Å². The zero-order valence-corrected chi connectivity index (χ0v) is 10.8. The van der Waals surface area contributed by atoms with Gasteiger partial charge in [-0.25, -0.2) is 17.6 Å². The molecule has 0 heterocycles. The molecule has 0 radical (unpaired) electrons. The van der Waals surface area contributed by atoms with Crippen molar-refractivity contribution in [2.24, 2.45) is 0 Å². The van der Waals surface area contributed by atoms with Gasteiger partial charge in [-0.2, -0.15) is 0 Å². The highest BCUT2D eigenvalue weighted by molar-refractivity contribution is 8.13. The van der Waals surface area contributed by atoms with E-state index in [0.29, 0.717) is 12.1 Å². The van der Waals surface area contributed by atoms with E-state index in [0.717, 1.165) is 7.11 Å². The lowest BCUT2D eigenvalue weighted by Crippen LogP contribution is -2.13. The maximum atomic E-state index is 13.5. The third-order valence-corrected chi connectivity index (χ3v) is 3.27. The zero-order valence-electron chi connectivity index (χ0n) is 9.22. The quantitative estimate of drug-likeness (QED) is 0.517. The van der Waals surface area contributed by atoms with E-state index in [1.54, 1.807) is 0 Å². The number of nitrogens with zero attached hydrogens (tertiary/aromatic N) is 1. The first kappa shape index (κ1) is 15.1. The fraction of sp³-hybridized carbons (Fsp3) is 0.125. The van der Waals surface area contributed by atoms with Crippen LogP contribution in [0.1, 0.15) is 0 Å². The van der Waals surface area contributed by atoms with Crippen LogP contribution in [0.25, 0.3) is 0 Å². The molecule has 0 aliphatic heterocycles. The first-order valence-corrected chi connectivity index (χ1v) is 6.75. The third-order valence-electron chi connectivity index (χ3n) is 1.93. The topological polar surface area (TPSA) is 116 Å². The lowest BCUT2D eigenvalue weighted by Gasteiger charge is -2.06. The molecule has 104 valence electrons. The number of ether oxygens (including phenoxy) is 1. The molecule has 8 nitrogen and oxygen atoms in total. The molecule has 1 N–H and O–H groups in total. The molecule has 0 atom stereocenters. The molecule has 1 aromatic rings. The Hall–Kier alpha value is -1.94. The second-order valence-corrected chi connectivity index (χ2v) is 5.65. The molecule has 0 aliphatic carbocycles. The van der Waals surface area contributed by atoms with Crippen molar-refractivity contribution in [2.45, 2.75) is 4.90 Å². The van der Waals surface area contributed by atoms with Gasteiger partial charge in [0.25, 0.3) is 14.7 Å². The molecular weight excluding hydrogens is 307 g/mol. The number of carbonyl (C=O) groups is 1. The largest absolute Gasteiger partial charge is 0.453 e. The van der Waals surface area contributed by atoms with Crippen molar-refractivity contribution in [1.29, 1.82) is 0 Å². The summed E-state index contributed by atoms with van der Waals surface area (Å²) in [5.74, 6) is -1.34. The normalized spacial score (nSPS) is 10.9. The fourth-order valence-corrected chi connectivity index (χ4v) is 2.04. The number of nitro benzene ring substituents is 1. The molecule has 11 heteroatoms. The fourth-order valence-electron chi connectivity index (χ4n) is 1.14. The second-order valence-electron chi connectivity index (χ2n) is 3.11. The van der Waals surface area contributed by atoms with Crippen molar-refractivity contribution < 1.29 is 27.3 Å². The Morgan fingerprint density at radius 1 is 1.53 bits per heavy atom. The van der Waals surface area contributed by atoms with E-state index in [9.17, 15) is 27.7 Å². The number of rotatable bonds is 3. The molecular formula is C8H6ClFN2O6S. The first-order valence-electron chi connectivity index (χ1n) is 4.44. The van der Waals surface area contributed by atoms with Crippen LogP contribution in [0.3, 0.4) is 0 Å². The highest BCUT2D eigenvalue weighted by Crippen LogP contribution is 2.31. The molecule has 1 rings (SSSR count). The Morgan fingerprint density at radius 3 is 2.53 bits per heavy atom. The van der Waals surface area contributed by atoms with Gasteiger partial charge in [0.05, 0.1) is 12.0 Å². The van der Waals surface area contributed by atoms with Crippen molar-refractivity contribution in [2.75, 3.05) is 12.4 Å². The van der Waals surface area contributed by atoms with E-state index in [4.69, 9.17) is 10.7 Å². The summed E-state index contributed by atoms with van der Waals surface area (Å²) in [6.45, 7) is 0. The van der Waals surface area contributed by atoms with Crippen LogP contribution in [-0.4, -0.2) is 26.5 Å². The second kappa shape index (κ2) is 5.36. The Labute approximate surface area is 110 Å². The van der Waals surface area contributed by atoms with Crippen LogP contribution >= 0.6 is 10.7 Å². The monoisotopic (exact) mass is 312 g/mol. The van der Waals surface area contributed by atoms with Crippen LogP contribution in [-0.2, 0) is 13.8 Å². The van der Waals surface area contributed by atoms with Gasteiger partial charge < -0.3 is 4.74 Å². The minimum Gasteiger partial charge on any atom is -0.453 e. The maximum Gasteiger partial charge on any atom is 0.411 e. The van der Waals surface area contributed by atoms with Crippen molar-refractivity contribution in [1.82, 2.24) is 0 Å². The van der Waals surface area contributed by atoms with Crippen molar-refractivity contribution in [3.05, 3.63) is 28.1 Å². The van der Waals surface area contributed by atoms with E-state index in [1.165, 1.54) is 0 Å². The molecule has 0 aliphatic rings. The van der Waals surface area contributed by atoms with Crippen molar-refractivity contribution in [3.8, 4) is 0 Å². The molecule has 0 saturated carbocycles. The molecule has 19 heavy (non-hydrogen) atoms. The van der Waals surface area contributed by atoms with Crippen LogP contribution in [0, 0.1) is 15.9 Å². The van der Waals surface area contributed by atoms with Gasteiger partial charge in [0.15, 0.2) is 0 Å². The molecule has 0 bridgehead atoms. The summed E-state index contributed by atoms with van der Waals surface area (Å²) >= 11 is 0. The summed E-state index contributed by atoms with van der Waals surface area (Å²) in [5.41, 5.74) is -1.40. The highest BCUT2D eigenvalue weighted by atomic mass is 35.7.